The second-order valence-corrected chi connectivity index (χ2v) is 17.0. The van der Waals surface area contributed by atoms with Crippen molar-refractivity contribution in [1.82, 2.24) is 4.57 Å². The maximum atomic E-state index is 2.51. The van der Waals surface area contributed by atoms with E-state index in [-0.39, 0.29) is 5.54 Å². The lowest BCUT2D eigenvalue weighted by molar-refractivity contribution is 0.542. The van der Waals surface area contributed by atoms with E-state index < -0.39 is 0 Å². The number of rotatable bonds is 10. The molecule has 0 saturated heterocycles. The van der Waals surface area contributed by atoms with Crippen LogP contribution in [0.1, 0.15) is 40.7 Å². The van der Waals surface area contributed by atoms with Crippen LogP contribution in [-0.2, 0) is 25.7 Å². The molecule has 0 bridgehead atoms. The molecule has 2 heteroatoms. The van der Waals surface area contributed by atoms with Gasteiger partial charge in [-0.1, -0.05) is 176 Å². The molecule has 0 radical (unpaired) electrons. The molecule has 1 aromatic heterocycles. The molecule has 2 nitrogen and oxygen atoms in total. The predicted octanol–water partition coefficient (Wildman–Crippen LogP) is 14.8. The van der Waals surface area contributed by atoms with Crippen LogP contribution < -0.4 is 4.90 Å². The van der Waals surface area contributed by atoms with E-state index >= 15 is 0 Å². The van der Waals surface area contributed by atoms with Crippen LogP contribution in [0.2, 0.25) is 0 Å². The summed E-state index contributed by atoms with van der Waals surface area (Å²) >= 11 is 0. The van der Waals surface area contributed by atoms with Crippen LogP contribution in [0.15, 0.2) is 218 Å². The van der Waals surface area contributed by atoms with E-state index in [0.29, 0.717) is 5.92 Å². The minimum absolute atomic E-state index is 0.109. The van der Waals surface area contributed by atoms with E-state index in [1.54, 1.807) is 0 Å². The standard InChI is InChI=1S/C59H48N2/c1-59-41-9-8-13-55(59)54-12-4-7-16-58(54)61(59)51-39-35-49(36-40-51)47-31-27-45(28-32-47)24-22-43-19-17-42(18-20-43)21-23-44-25-29-46(30-26-44)48-33-37-50(38-34-48)60-56-14-5-2-10-52(56)53-11-3-6-15-57(53)60/h2-20,25-41,55H,21-24H2,1H3. The van der Waals surface area contributed by atoms with Crippen LogP contribution in [0.3, 0.4) is 0 Å². The third-order valence-electron chi connectivity index (χ3n) is 13.3. The number of fused-ring (bicyclic) bond motifs is 6. The highest BCUT2D eigenvalue weighted by Gasteiger charge is 2.46. The van der Waals surface area contributed by atoms with Crippen molar-refractivity contribution in [3.05, 3.63) is 246 Å². The third-order valence-corrected chi connectivity index (χ3v) is 13.3. The maximum Gasteiger partial charge on any atom is 0.0712 e. The van der Waals surface area contributed by atoms with Crippen molar-refractivity contribution in [2.24, 2.45) is 0 Å². The van der Waals surface area contributed by atoms with Gasteiger partial charge in [-0.25, -0.2) is 0 Å². The largest absolute Gasteiger partial charge is 0.331 e. The van der Waals surface area contributed by atoms with E-state index in [2.05, 4.69) is 235 Å². The number of para-hydroxylation sites is 3. The Balaban J connectivity index is 0.685. The molecule has 0 N–H and O–H groups in total. The molecule has 0 spiro atoms. The number of aryl methyl sites for hydroxylation is 4. The first-order valence-electron chi connectivity index (χ1n) is 21.8. The fraction of sp³-hybridized carbons (Fsp3) is 0.119. The Bertz CT molecular complexity index is 3000. The Morgan fingerprint density at radius 2 is 0.820 bits per heavy atom. The Hall–Kier alpha value is -7.16. The van der Waals surface area contributed by atoms with E-state index in [4.69, 9.17) is 0 Å². The van der Waals surface area contributed by atoms with Gasteiger partial charge in [0.25, 0.3) is 0 Å². The monoisotopic (exact) mass is 784 g/mol. The lowest BCUT2D eigenvalue weighted by Gasteiger charge is -2.39. The minimum Gasteiger partial charge on any atom is -0.331 e. The van der Waals surface area contributed by atoms with Gasteiger partial charge in [0, 0.05) is 33.8 Å². The first-order valence-corrected chi connectivity index (χ1v) is 21.8. The molecule has 2 atom stereocenters. The zero-order chi connectivity index (χ0) is 40.8. The zero-order valence-electron chi connectivity index (χ0n) is 34.6. The van der Waals surface area contributed by atoms with Gasteiger partial charge in [-0.3, -0.25) is 0 Å². The van der Waals surface area contributed by atoms with Gasteiger partial charge in [-0.15, -0.1) is 0 Å². The number of benzene rings is 8. The molecule has 0 amide bonds. The van der Waals surface area contributed by atoms with Gasteiger partial charge in [0.05, 0.1) is 16.6 Å². The number of anilines is 2. The van der Waals surface area contributed by atoms with Gasteiger partial charge in [0.15, 0.2) is 0 Å². The second-order valence-electron chi connectivity index (χ2n) is 17.0. The number of hydrogen-bond acceptors (Lipinski definition) is 1. The predicted molar refractivity (Wildman–Crippen MR) is 257 cm³/mol. The van der Waals surface area contributed by atoms with Crippen molar-refractivity contribution in [2.45, 2.75) is 44.1 Å². The molecular weight excluding hydrogens is 737 g/mol. The number of nitrogens with zero attached hydrogens (tertiary/aromatic N) is 2. The summed E-state index contributed by atoms with van der Waals surface area (Å²) in [5.74, 6) is 0.352. The molecule has 2 aliphatic rings. The lowest BCUT2D eigenvalue weighted by Crippen LogP contribution is -2.41. The summed E-state index contributed by atoms with van der Waals surface area (Å²) in [6.45, 7) is 2.36. The number of hydrogen-bond donors (Lipinski definition) is 0. The summed E-state index contributed by atoms with van der Waals surface area (Å²) < 4.78 is 2.37. The van der Waals surface area contributed by atoms with Gasteiger partial charge in [-0.2, -0.15) is 0 Å². The van der Waals surface area contributed by atoms with Crippen molar-refractivity contribution in [1.29, 1.82) is 0 Å². The average molecular weight is 785 g/mol. The molecule has 61 heavy (non-hydrogen) atoms. The quantitative estimate of drug-likeness (QED) is 0.134. The molecule has 1 aliphatic carbocycles. The summed E-state index contributed by atoms with van der Waals surface area (Å²) in [5, 5.41) is 2.58. The molecule has 0 saturated carbocycles. The van der Waals surface area contributed by atoms with Crippen LogP contribution in [0, 0.1) is 0 Å². The molecule has 2 unspecified atom stereocenters. The zero-order valence-corrected chi connectivity index (χ0v) is 34.6. The number of aromatic nitrogens is 1. The van der Waals surface area contributed by atoms with Gasteiger partial charge in [0.2, 0.25) is 0 Å². The van der Waals surface area contributed by atoms with Crippen molar-refractivity contribution in [2.75, 3.05) is 4.90 Å². The molecular formula is C59H48N2. The highest BCUT2D eigenvalue weighted by Crippen LogP contribution is 2.53. The van der Waals surface area contributed by atoms with Gasteiger partial charge < -0.3 is 9.47 Å². The molecule has 8 aromatic carbocycles. The fourth-order valence-corrected chi connectivity index (χ4v) is 9.97. The van der Waals surface area contributed by atoms with Gasteiger partial charge in [0.1, 0.15) is 0 Å². The van der Waals surface area contributed by atoms with E-state index in [1.807, 2.05) is 0 Å². The molecule has 9 aromatic rings. The van der Waals surface area contributed by atoms with E-state index in [1.165, 1.54) is 88.9 Å². The maximum absolute atomic E-state index is 2.51. The van der Waals surface area contributed by atoms with Crippen molar-refractivity contribution in [3.63, 3.8) is 0 Å². The third kappa shape index (κ3) is 6.79. The summed E-state index contributed by atoms with van der Waals surface area (Å²) in [7, 11) is 0. The first kappa shape index (κ1) is 36.9. The van der Waals surface area contributed by atoms with Crippen LogP contribution in [-0.4, -0.2) is 10.1 Å². The summed E-state index contributed by atoms with van der Waals surface area (Å²) in [6.07, 6.45) is 13.2. The molecule has 11 rings (SSSR count). The summed E-state index contributed by atoms with van der Waals surface area (Å²) in [4.78, 5) is 2.51. The van der Waals surface area contributed by atoms with Gasteiger partial charge in [-0.05, 0) is 125 Å². The average Bonchev–Trinajstić information content (AvgIpc) is 3.80. The topological polar surface area (TPSA) is 8.17 Å². The summed E-state index contributed by atoms with van der Waals surface area (Å²) in [5.41, 5.74) is 18.0. The van der Waals surface area contributed by atoms with Crippen molar-refractivity contribution < 1.29 is 0 Å². The molecule has 294 valence electrons. The molecule has 2 heterocycles. The summed E-state index contributed by atoms with van der Waals surface area (Å²) in [6, 6.07) is 71.9. The Morgan fingerprint density at radius 3 is 1.33 bits per heavy atom. The molecule has 0 fully saturated rings. The normalized spacial score (nSPS) is 16.6. The Kier molecular flexibility index (Phi) is 9.35. The smallest absolute Gasteiger partial charge is 0.0712 e. The SMILES string of the molecule is CC12C=CC=CC1c1ccccc1N2c1ccc(-c2ccc(CCc3ccc(CCc4ccc(-c5ccc(-n6c7ccccc7c7ccccc76)cc5)cc4)cc3)cc2)cc1. The Labute approximate surface area is 359 Å². The van der Waals surface area contributed by atoms with Crippen LogP contribution in [0.4, 0.5) is 11.4 Å². The lowest BCUT2D eigenvalue weighted by atomic mass is 9.80. The fourth-order valence-electron chi connectivity index (χ4n) is 9.97. The van der Waals surface area contributed by atoms with Crippen LogP contribution in [0.5, 0.6) is 0 Å². The van der Waals surface area contributed by atoms with Crippen molar-refractivity contribution in [3.8, 4) is 27.9 Å². The highest BCUT2D eigenvalue weighted by atomic mass is 15.2. The van der Waals surface area contributed by atoms with Gasteiger partial charge >= 0.3 is 0 Å². The van der Waals surface area contributed by atoms with Crippen molar-refractivity contribution >= 4 is 33.2 Å². The van der Waals surface area contributed by atoms with Crippen LogP contribution in [0.25, 0.3) is 49.7 Å². The molecule has 1 aliphatic heterocycles. The minimum atomic E-state index is -0.109. The van der Waals surface area contributed by atoms with E-state index in [0.717, 1.165) is 25.7 Å². The van der Waals surface area contributed by atoms with Crippen LogP contribution >= 0.6 is 0 Å². The Morgan fingerprint density at radius 1 is 0.410 bits per heavy atom. The second kappa shape index (κ2) is 15.5. The highest BCUT2D eigenvalue weighted by molar-refractivity contribution is 6.09. The van der Waals surface area contributed by atoms with E-state index in [9.17, 15) is 0 Å². The number of allylic oxidation sites excluding steroid dienone is 2. The first-order chi connectivity index (χ1) is 30.1.